The highest BCUT2D eigenvalue weighted by Crippen LogP contribution is 2.16. The molecular weight excluding hydrogens is 249 g/mol. The molecule has 0 spiro atoms. The molecule has 0 amide bonds. The number of piperidine rings is 1. The largest absolute Gasteiger partial charge is 0.492 e. The fraction of sp³-hybridized carbons (Fsp3) is 0.500. The Bertz CT molecular complexity index is 421. The summed E-state index contributed by atoms with van der Waals surface area (Å²) in [5.41, 5.74) is 0. The minimum absolute atomic E-state index is 0.264. The number of carboxylic acids is 1. The van der Waals surface area contributed by atoms with Crippen LogP contribution in [0.1, 0.15) is 12.8 Å². The van der Waals surface area contributed by atoms with E-state index in [-0.39, 0.29) is 11.7 Å². The molecule has 19 heavy (non-hydrogen) atoms. The second-order valence-electron chi connectivity index (χ2n) is 4.78. The van der Waals surface area contributed by atoms with Gasteiger partial charge in [0, 0.05) is 13.1 Å². The smallest absolute Gasteiger partial charge is 0.307 e. The SMILES string of the molecule is O=C(O)C1CCCN(CCOc2ccc(F)cc2)C1. The number of likely N-dealkylation sites (tertiary alicyclic amines) is 1. The summed E-state index contributed by atoms with van der Waals surface area (Å²) >= 11 is 0. The van der Waals surface area contributed by atoms with Crippen LogP contribution in [0.2, 0.25) is 0 Å². The lowest BCUT2D eigenvalue weighted by molar-refractivity contribution is -0.143. The number of aliphatic carboxylic acids is 1. The Kier molecular flexibility index (Phi) is 4.74. The van der Waals surface area contributed by atoms with E-state index in [0.29, 0.717) is 25.4 Å². The monoisotopic (exact) mass is 267 g/mol. The topological polar surface area (TPSA) is 49.8 Å². The molecule has 1 N–H and O–H groups in total. The highest BCUT2D eigenvalue weighted by atomic mass is 19.1. The Hall–Kier alpha value is -1.62. The third kappa shape index (κ3) is 4.21. The maximum atomic E-state index is 12.7. The summed E-state index contributed by atoms with van der Waals surface area (Å²) in [5, 5.41) is 8.99. The number of rotatable bonds is 5. The van der Waals surface area contributed by atoms with E-state index in [4.69, 9.17) is 9.84 Å². The number of hydrogen-bond donors (Lipinski definition) is 1. The standard InChI is InChI=1S/C14H18FNO3/c15-12-3-5-13(6-4-12)19-9-8-16-7-1-2-11(10-16)14(17)18/h3-6,11H,1-2,7-10H2,(H,17,18). The summed E-state index contributed by atoms with van der Waals surface area (Å²) in [6.07, 6.45) is 1.66. The maximum absolute atomic E-state index is 12.7. The molecule has 4 nitrogen and oxygen atoms in total. The summed E-state index contributed by atoms with van der Waals surface area (Å²) < 4.78 is 18.2. The van der Waals surface area contributed by atoms with E-state index in [0.717, 1.165) is 19.4 Å². The Morgan fingerprint density at radius 1 is 1.42 bits per heavy atom. The molecule has 1 saturated heterocycles. The Morgan fingerprint density at radius 3 is 2.84 bits per heavy atom. The molecule has 0 aromatic heterocycles. The Balaban J connectivity index is 1.73. The number of carbonyl (C=O) groups is 1. The molecule has 104 valence electrons. The summed E-state index contributed by atoms with van der Waals surface area (Å²) in [6, 6.07) is 5.89. The van der Waals surface area contributed by atoms with Crippen LogP contribution >= 0.6 is 0 Å². The zero-order valence-electron chi connectivity index (χ0n) is 10.7. The molecule has 5 heteroatoms. The lowest BCUT2D eigenvalue weighted by Crippen LogP contribution is -2.40. The van der Waals surface area contributed by atoms with E-state index < -0.39 is 5.97 Å². The van der Waals surface area contributed by atoms with Gasteiger partial charge in [-0.2, -0.15) is 0 Å². The van der Waals surface area contributed by atoms with Gasteiger partial charge in [0.05, 0.1) is 5.92 Å². The second kappa shape index (κ2) is 6.52. The van der Waals surface area contributed by atoms with E-state index in [9.17, 15) is 9.18 Å². The van der Waals surface area contributed by atoms with Gasteiger partial charge < -0.3 is 9.84 Å². The van der Waals surface area contributed by atoms with Gasteiger partial charge in [0.2, 0.25) is 0 Å². The van der Waals surface area contributed by atoms with Crippen LogP contribution in [0, 0.1) is 11.7 Å². The van der Waals surface area contributed by atoms with Gasteiger partial charge in [-0.25, -0.2) is 4.39 Å². The average molecular weight is 267 g/mol. The van der Waals surface area contributed by atoms with Crippen molar-refractivity contribution >= 4 is 5.97 Å². The summed E-state index contributed by atoms with van der Waals surface area (Å²) in [6.45, 7) is 2.68. The third-order valence-corrected chi connectivity index (χ3v) is 3.34. The molecule has 1 aliphatic rings. The van der Waals surface area contributed by atoms with Gasteiger partial charge in [0.25, 0.3) is 0 Å². The number of hydrogen-bond acceptors (Lipinski definition) is 3. The number of benzene rings is 1. The van der Waals surface area contributed by atoms with Crippen molar-refractivity contribution in [1.29, 1.82) is 0 Å². The van der Waals surface area contributed by atoms with Crippen LogP contribution in [0.25, 0.3) is 0 Å². The average Bonchev–Trinajstić information content (AvgIpc) is 2.41. The molecule has 1 atom stereocenters. The second-order valence-corrected chi connectivity index (χ2v) is 4.78. The zero-order valence-corrected chi connectivity index (χ0v) is 10.7. The molecule has 1 aromatic rings. The van der Waals surface area contributed by atoms with E-state index >= 15 is 0 Å². The first-order chi connectivity index (χ1) is 9.15. The van der Waals surface area contributed by atoms with Crippen molar-refractivity contribution in [3.05, 3.63) is 30.1 Å². The first-order valence-electron chi connectivity index (χ1n) is 6.48. The van der Waals surface area contributed by atoms with Crippen molar-refractivity contribution in [1.82, 2.24) is 4.90 Å². The molecule has 1 aromatic carbocycles. The Morgan fingerprint density at radius 2 is 2.16 bits per heavy atom. The van der Waals surface area contributed by atoms with Gasteiger partial charge in [-0.1, -0.05) is 0 Å². The Labute approximate surface area is 111 Å². The number of halogens is 1. The minimum atomic E-state index is -0.718. The van der Waals surface area contributed by atoms with Crippen molar-refractivity contribution in [2.75, 3.05) is 26.2 Å². The van der Waals surface area contributed by atoms with Gasteiger partial charge in [0.15, 0.2) is 0 Å². The van der Waals surface area contributed by atoms with Crippen LogP contribution in [-0.2, 0) is 4.79 Å². The van der Waals surface area contributed by atoms with E-state index in [1.54, 1.807) is 12.1 Å². The molecule has 1 heterocycles. The number of nitrogens with zero attached hydrogens (tertiary/aromatic N) is 1. The normalized spacial score (nSPS) is 20.2. The first-order valence-corrected chi connectivity index (χ1v) is 6.48. The van der Waals surface area contributed by atoms with Crippen LogP contribution < -0.4 is 4.74 Å². The molecule has 1 unspecified atom stereocenters. The summed E-state index contributed by atoms with van der Waals surface area (Å²) in [5.74, 6) is -0.635. The fourth-order valence-electron chi connectivity index (χ4n) is 2.28. The highest BCUT2D eigenvalue weighted by Gasteiger charge is 2.24. The predicted molar refractivity (Wildman–Crippen MR) is 68.7 cm³/mol. The summed E-state index contributed by atoms with van der Waals surface area (Å²) in [7, 11) is 0. The first kappa shape index (κ1) is 13.8. The third-order valence-electron chi connectivity index (χ3n) is 3.34. The molecule has 2 rings (SSSR count). The van der Waals surface area contributed by atoms with Crippen molar-refractivity contribution in [2.45, 2.75) is 12.8 Å². The van der Waals surface area contributed by atoms with Crippen LogP contribution in [-0.4, -0.2) is 42.2 Å². The van der Waals surface area contributed by atoms with Gasteiger partial charge in [0.1, 0.15) is 18.2 Å². The molecule has 0 bridgehead atoms. The van der Waals surface area contributed by atoms with E-state index in [2.05, 4.69) is 4.90 Å². The van der Waals surface area contributed by atoms with Crippen LogP contribution in [0.15, 0.2) is 24.3 Å². The number of carboxylic acid groups (broad SMARTS) is 1. The quantitative estimate of drug-likeness (QED) is 0.886. The van der Waals surface area contributed by atoms with Gasteiger partial charge >= 0.3 is 5.97 Å². The molecule has 0 aliphatic carbocycles. The summed E-state index contributed by atoms with van der Waals surface area (Å²) in [4.78, 5) is 13.0. The minimum Gasteiger partial charge on any atom is -0.492 e. The van der Waals surface area contributed by atoms with Gasteiger partial charge in [-0.05, 0) is 43.7 Å². The van der Waals surface area contributed by atoms with Gasteiger partial charge in [-0.15, -0.1) is 0 Å². The van der Waals surface area contributed by atoms with Crippen molar-refractivity contribution in [3.63, 3.8) is 0 Å². The lowest BCUT2D eigenvalue weighted by atomic mass is 9.98. The van der Waals surface area contributed by atoms with E-state index in [1.807, 2.05) is 0 Å². The molecule has 1 aliphatic heterocycles. The van der Waals surface area contributed by atoms with E-state index in [1.165, 1.54) is 12.1 Å². The van der Waals surface area contributed by atoms with Crippen LogP contribution in [0.3, 0.4) is 0 Å². The maximum Gasteiger partial charge on any atom is 0.307 e. The number of ether oxygens (including phenoxy) is 1. The zero-order chi connectivity index (χ0) is 13.7. The molecule has 1 fully saturated rings. The fourth-order valence-corrected chi connectivity index (χ4v) is 2.28. The molecular formula is C14H18FNO3. The van der Waals surface area contributed by atoms with Crippen molar-refractivity contribution < 1.29 is 19.0 Å². The predicted octanol–water partition coefficient (Wildman–Crippen LogP) is 2.00. The molecule has 0 radical (unpaired) electrons. The van der Waals surface area contributed by atoms with Crippen LogP contribution in [0.5, 0.6) is 5.75 Å². The highest BCUT2D eigenvalue weighted by molar-refractivity contribution is 5.70. The van der Waals surface area contributed by atoms with Crippen molar-refractivity contribution in [3.8, 4) is 5.75 Å². The van der Waals surface area contributed by atoms with Crippen LogP contribution in [0.4, 0.5) is 4.39 Å². The van der Waals surface area contributed by atoms with Crippen molar-refractivity contribution in [2.24, 2.45) is 5.92 Å². The van der Waals surface area contributed by atoms with Gasteiger partial charge in [-0.3, -0.25) is 9.69 Å². The molecule has 0 saturated carbocycles. The lowest BCUT2D eigenvalue weighted by Gasteiger charge is -2.30.